The molecule has 0 aromatic carbocycles. The molecule has 0 aliphatic rings. The summed E-state index contributed by atoms with van der Waals surface area (Å²) in [6.45, 7) is 4.66. The standard InChI is InChI=1S/C9H11N3/c1-3-11-9-8(6-10)7(2)4-5-12-9/h4-5H,3H2,1-2H3,(H,11,12). The lowest BCUT2D eigenvalue weighted by Crippen LogP contribution is -2.02. The predicted molar refractivity (Wildman–Crippen MR) is 47.9 cm³/mol. The van der Waals surface area contributed by atoms with E-state index in [0.717, 1.165) is 12.1 Å². The molecule has 0 spiro atoms. The summed E-state index contributed by atoms with van der Waals surface area (Å²) in [7, 11) is 0. The van der Waals surface area contributed by atoms with Gasteiger partial charge in [0.2, 0.25) is 0 Å². The Labute approximate surface area is 72.1 Å². The van der Waals surface area contributed by atoms with Crippen LogP contribution in [0.4, 0.5) is 5.82 Å². The number of aromatic nitrogens is 1. The normalized spacial score (nSPS) is 9.08. The van der Waals surface area contributed by atoms with Gasteiger partial charge in [-0.2, -0.15) is 5.26 Å². The van der Waals surface area contributed by atoms with Crippen LogP contribution in [0.5, 0.6) is 0 Å². The molecule has 0 aliphatic heterocycles. The highest BCUT2D eigenvalue weighted by atomic mass is 15.0. The maximum absolute atomic E-state index is 8.80. The molecular formula is C9H11N3. The van der Waals surface area contributed by atoms with Gasteiger partial charge in [0.05, 0.1) is 5.56 Å². The fraction of sp³-hybridized carbons (Fsp3) is 0.333. The molecule has 0 atom stereocenters. The summed E-state index contributed by atoms with van der Waals surface area (Å²) in [6, 6.07) is 3.96. The van der Waals surface area contributed by atoms with Crippen LogP contribution in [0, 0.1) is 18.3 Å². The lowest BCUT2D eigenvalue weighted by atomic mass is 10.1. The van der Waals surface area contributed by atoms with Crippen molar-refractivity contribution in [1.29, 1.82) is 5.26 Å². The van der Waals surface area contributed by atoms with Gasteiger partial charge < -0.3 is 5.32 Å². The van der Waals surface area contributed by atoms with Gasteiger partial charge in [-0.1, -0.05) is 0 Å². The number of hydrogen-bond acceptors (Lipinski definition) is 3. The number of anilines is 1. The van der Waals surface area contributed by atoms with E-state index >= 15 is 0 Å². The summed E-state index contributed by atoms with van der Waals surface area (Å²) < 4.78 is 0. The number of rotatable bonds is 2. The maximum Gasteiger partial charge on any atom is 0.144 e. The second kappa shape index (κ2) is 3.72. The van der Waals surface area contributed by atoms with Gasteiger partial charge in [0, 0.05) is 12.7 Å². The molecule has 0 aliphatic carbocycles. The van der Waals surface area contributed by atoms with E-state index in [1.807, 2.05) is 19.9 Å². The van der Waals surface area contributed by atoms with Gasteiger partial charge in [-0.15, -0.1) is 0 Å². The quantitative estimate of drug-likeness (QED) is 0.718. The Morgan fingerprint density at radius 1 is 1.67 bits per heavy atom. The van der Waals surface area contributed by atoms with E-state index in [-0.39, 0.29) is 0 Å². The van der Waals surface area contributed by atoms with E-state index in [0.29, 0.717) is 11.4 Å². The Morgan fingerprint density at radius 3 is 3.00 bits per heavy atom. The van der Waals surface area contributed by atoms with Crippen LogP contribution in [0.2, 0.25) is 0 Å². The minimum Gasteiger partial charge on any atom is -0.369 e. The molecule has 1 rings (SSSR count). The third kappa shape index (κ3) is 1.54. The third-order valence-corrected chi connectivity index (χ3v) is 1.62. The summed E-state index contributed by atoms with van der Waals surface area (Å²) in [6.07, 6.45) is 1.70. The van der Waals surface area contributed by atoms with Crippen molar-refractivity contribution in [3.8, 4) is 6.07 Å². The Morgan fingerprint density at radius 2 is 2.42 bits per heavy atom. The van der Waals surface area contributed by atoms with Crippen molar-refractivity contribution in [3.63, 3.8) is 0 Å². The lowest BCUT2D eigenvalue weighted by molar-refractivity contribution is 1.14. The summed E-state index contributed by atoms with van der Waals surface area (Å²) in [5, 5.41) is 11.8. The molecule has 1 N–H and O–H groups in total. The van der Waals surface area contributed by atoms with Crippen LogP contribution in [0.15, 0.2) is 12.3 Å². The molecule has 0 unspecified atom stereocenters. The Kier molecular flexibility index (Phi) is 2.65. The van der Waals surface area contributed by atoms with Crippen LogP contribution >= 0.6 is 0 Å². The van der Waals surface area contributed by atoms with Crippen LogP contribution < -0.4 is 5.32 Å². The number of hydrogen-bond donors (Lipinski definition) is 1. The summed E-state index contributed by atoms with van der Waals surface area (Å²) in [4.78, 5) is 4.07. The molecule has 0 amide bonds. The van der Waals surface area contributed by atoms with Crippen LogP contribution in [0.25, 0.3) is 0 Å². The van der Waals surface area contributed by atoms with E-state index in [1.165, 1.54) is 0 Å². The van der Waals surface area contributed by atoms with Crippen molar-refractivity contribution in [2.24, 2.45) is 0 Å². The largest absolute Gasteiger partial charge is 0.369 e. The summed E-state index contributed by atoms with van der Waals surface area (Å²) in [5.41, 5.74) is 1.60. The van der Waals surface area contributed by atoms with Gasteiger partial charge in [-0.3, -0.25) is 0 Å². The van der Waals surface area contributed by atoms with E-state index in [4.69, 9.17) is 5.26 Å². The van der Waals surface area contributed by atoms with E-state index in [9.17, 15) is 0 Å². The first kappa shape index (κ1) is 8.54. The first-order chi connectivity index (χ1) is 5.79. The van der Waals surface area contributed by atoms with Gasteiger partial charge in [-0.05, 0) is 25.5 Å². The summed E-state index contributed by atoms with van der Waals surface area (Å²) in [5.74, 6) is 0.681. The highest BCUT2D eigenvalue weighted by Gasteiger charge is 2.03. The molecule has 1 aromatic rings. The number of nitrogens with one attached hydrogen (secondary N) is 1. The SMILES string of the molecule is CCNc1nccc(C)c1C#N. The lowest BCUT2D eigenvalue weighted by Gasteiger charge is -2.05. The van der Waals surface area contributed by atoms with Crippen molar-refractivity contribution >= 4 is 5.82 Å². The molecule has 0 saturated carbocycles. The van der Waals surface area contributed by atoms with Crippen molar-refractivity contribution in [3.05, 3.63) is 23.4 Å². The molecule has 0 radical (unpaired) electrons. The molecule has 62 valence electrons. The topological polar surface area (TPSA) is 48.7 Å². The minimum absolute atomic E-state index is 0.638. The van der Waals surface area contributed by atoms with E-state index < -0.39 is 0 Å². The maximum atomic E-state index is 8.80. The second-order valence-electron chi connectivity index (χ2n) is 2.49. The van der Waals surface area contributed by atoms with Gasteiger partial charge in [-0.25, -0.2) is 4.98 Å². The van der Waals surface area contributed by atoms with Crippen molar-refractivity contribution in [2.75, 3.05) is 11.9 Å². The smallest absolute Gasteiger partial charge is 0.144 e. The third-order valence-electron chi connectivity index (χ3n) is 1.62. The molecular weight excluding hydrogens is 150 g/mol. The molecule has 12 heavy (non-hydrogen) atoms. The molecule has 3 nitrogen and oxygen atoms in total. The Balaban J connectivity index is 3.11. The number of pyridine rings is 1. The predicted octanol–water partition coefficient (Wildman–Crippen LogP) is 1.69. The number of nitrogens with zero attached hydrogens (tertiary/aromatic N) is 2. The van der Waals surface area contributed by atoms with Gasteiger partial charge in [0.15, 0.2) is 0 Å². The fourth-order valence-corrected chi connectivity index (χ4v) is 1.00. The number of nitriles is 1. The van der Waals surface area contributed by atoms with Crippen molar-refractivity contribution < 1.29 is 0 Å². The summed E-state index contributed by atoms with van der Waals surface area (Å²) >= 11 is 0. The average molecular weight is 161 g/mol. The van der Waals surface area contributed by atoms with E-state index in [2.05, 4.69) is 16.4 Å². The first-order valence-corrected chi connectivity index (χ1v) is 3.89. The fourth-order valence-electron chi connectivity index (χ4n) is 1.00. The highest BCUT2D eigenvalue weighted by Crippen LogP contribution is 2.14. The molecule has 3 heteroatoms. The zero-order valence-corrected chi connectivity index (χ0v) is 7.26. The van der Waals surface area contributed by atoms with Crippen molar-refractivity contribution in [1.82, 2.24) is 4.98 Å². The molecule has 1 heterocycles. The zero-order valence-electron chi connectivity index (χ0n) is 7.26. The van der Waals surface area contributed by atoms with Crippen molar-refractivity contribution in [2.45, 2.75) is 13.8 Å². The van der Waals surface area contributed by atoms with Gasteiger partial charge in [0.25, 0.3) is 0 Å². The Bertz CT molecular complexity index is 312. The van der Waals surface area contributed by atoms with E-state index in [1.54, 1.807) is 6.20 Å². The van der Waals surface area contributed by atoms with Crippen LogP contribution in [-0.2, 0) is 0 Å². The number of aryl methyl sites for hydroxylation is 1. The Hall–Kier alpha value is -1.56. The average Bonchev–Trinajstić information content (AvgIpc) is 2.05. The van der Waals surface area contributed by atoms with Crippen LogP contribution in [0.3, 0.4) is 0 Å². The van der Waals surface area contributed by atoms with Gasteiger partial charge in [0.1, 0.15) is 11.9 Å². The monoisotopic (exact) mass is 161 g/mol. The first-order valence-electron chi connectivity index (χ1n) is 3.89. The van der Waals surface area contributed by atoms with Gasteiger partial charge >= 0.3 is 0 Å². The van der Waals surface area contributed by atoms with Crippen LogP contribution in [0.1, 0.15) is 18.1 Å². The molecule has 1 aromatic heterocycles. The molecule has 0 saturated heterocycles. The van der Waals surface area contributed by atoms with Crippen LogP contribution in [-0.4, -0.2) is 11.5 Å². The molecule has 0 fully saturated rings. The second-order valence-corrected chi connectivity index (χ2v) is 2.49. The molecule has 0 bridgehead atoms. The zero-order chi connectivity index (χ0) is 8.97. The highest BCUT2D eigenvalue weighted by molar-refractivity contribution is 5.55. The minimum atomic E-state index is 0.638.